The SMILES string of the molecule is C[C@]1(I)C=CC=c2[nH]ccc2=N1. The number of nitrogens with one attached hydrogen (secondary N) is 1. The van der Waals surface area contributed by atoms with E-state index in [1.165, 1.54) is 0 Å². The van der Waals surface area contributed by atoms with Crippen LogP contribution < -0.4 is 10.7 Å². The van der Waals surface area contributed by atoms with Gasteiger partial charge in [0.2, 0.25) is 0 Å². The molecule has 0 aliphatic carbocycles. The molecule has 2 nitrogen and oxygen atoms in total. The quantitative estimate of drug-likeness (QED) is 0.417. The van der Waals surface area contributed by atoms with Gasteiger partial charge in [0.15, 0.2) is 0 Å². The Morgan fingerprint density at radius 3 is 3.25 bits per heavy atom. The Hall–Kier alpha value is -0.580. The van der Waals surface area contributed by atoms with Crippen molar-refractivity contribution in [2.75, 3.05) is 0 Å². The van der Waals surface area contributed by atoms with Crippen molar-refractivity contribution >= 4 is 28.7 Å². The van der Waals surface area contributed by atoms with Gasteiger partial charge in [0.25, 0.3) is 0 Å². The molecule has 0 saturated heterocycles. The summed E-state index contributed by atoms with van der Waals surface area (Å²) in [4.78, 5) is 7.70. The Bertz CT molecular complexity index is 426. The van der Waals surface area contributed by atoms with Crippen LogP contribution in [-0.2, 0) is 0 Å². The van der Waals surface area contributed by atoms with Gasteiger partial charge in [-0.1, -0.05) is 6.08 Å². The molecule has 1 atom stereocenters. The summed E-state index contributed by atoms with van der Waals surface area (Å²) >= 11 is 2.32. The Kier molecular flexibility index (Phi) is 1.83. The van der Waals surface area contributed by atoms with Gasteiger partial charge in [-0.15, -0.1) is 0 Å². The summed E-state index contributed by atoms with van der Waals surface area (Å²) in [5.74, 6) is 0. The zero-order valence-electron chi connectivity index (χ0n) is 6.71. The molecule has 3 heteroatoms. The molecule has 2 rings (SSSR count). The molecule has 0 unspecified atom stereocenters. The number of allylic oxidation sites excluding steroid dienone is 1. The van der Waals surface area contributed by atoms with Crippen LogP contribution in [0.1, 0.15) is 6.92 Å². The summed E-state index contributed by atoms with van der Waals surface area (Å²) in [6.45, 7) is 2.08. The van der Waals surface area contributed by atoms with Crippen LogP contribution in [0.5, 0.6) is 0 Å². The molecule has 2 heterocycles. The molecule has 0 saturated carbocycles. The molecule has 12 heavy (non-hydrogen) atoms. The first-order valence-corrected chi connectivity index (χ1v) is 4.87. The largest absolute Gasteiger partial charge is 0.360 e. The van der Waals surface area contributed by atoms with Gasteiger partial charge in [-0.05, 0) is 47.7 Å². The number of fused-ring (bicyclic) bond motifs is 1. The first-order chi connectivity index (χ1) is 5.67. The van der Waals surface area contributed by atoms with Crippen LogP contribution in [0.3, 0.4) is 0 Å². The second-order valence-corrected chi connectivity index (χ2v) is 5.12. The Morgan fingerprint density at radius 1 is 1.58 bits per heavy atom. The first kappa shape index (κ1) is 8.04. The Balaban J connectivity index is 2.75. The van der Waals surface area contributed by atoms with E-state index in [2.05, 4.69) is 45.6 Å². The maximum Gasteiger partial charge on any atom is 0.128 e. The number of H-pyrrole nitrogens is 1. The third-order valence-corrected chi connectivity index (χ3v) is 2.36. The van der Waals surface area contributed by atoms with Crippen molar-refractivity contribution in [3.63, 3.8) is 0 Å². The summed E-state index contributed by atoms with van der Waals surface area (Å²) < 4.78 is -0.109. The molecule has 1 N–H and O–H groups in total. The summed E-state index contributed by atoms with van der Waals surface area (Å²) in [6.07, 6.45) is 8.08. The lowest BCUT2D eigenvalue weighted by molar-refractivity contribution is 0.856. The molecule has 1 aliphatic rings. The third-order valence-electron chi connectivity index (χ3n) is 1.76. The van der Waals surface area contributed by atoms with E-state index < -0.39 is 0 Å². The van der Waals surface area contributed by atoms with E-state index in [0.29, 0.717) is 0 Å². The van der Waals surface area contributed by atoms with Crippen molar-refractivity contribution in [1.82, 2.24) is 4.98 Å². The lowest BCUT2D eigenvalue weighted by Gasteiger charge is -2.09. The maximum absolute atomic E-state index is 4.57. The first-order valence-electron chi connectivity index (χ1n) is 3.79. The van der Waals surface area contributed by atoms with Gasteiger partial charge in [-0.25, -0.2) is 0 Å². The van der Waals surface area contributed by atoms with Crippen molar-refractivity contribution < 1.29 is 0 Å². The van der Waals surface area contributed by atoms with E-state index in [9.17, 15) is 0 Å². The van der Waals surface area contributed by atoms with E-state index in [1.807, 2.05) is 24.4 Å². The molecule has 62 valence electrons. The number of aromatic nitrogens is 1. The lowest BCUT2D eigenvalue weighted by Crippen LogP contribution is -2.24. The van der Waals surface area contributed by atoms with E-state index in [1.54, 1.807) is 0 Å². The third kappa shape index (κ3) is 1.46. The minimum absolute atomic E-state index is 0.109. The topological polar surface area (TPSA) is 28.1 Å². The molecule has 1 aromatic rings. The zero-order valence-corrected chi connectivity index (χ0v) is 8.87. The van der Waals surface area contributed by atoms with Crippen LogP contribution in [0.25, 0.3) is 6.08 Å². The highest BCUT2D eigenvalue weighted by atomic mass is 127. The predicted molar refractivity (Wildman–Crippen MR) is 57.6 cm³/mol. The Morgan fingerprint density at radius 2 is 2.42 bits per heavy atom. The van der Waals surface area contributed by atoms with Crippen LogP contribution in [0.4, 0.5) is 0 Å². The van der Waals surface area contributed by atoms with Gasteiger partial charge < -0.3 is 4.98 Å². The van der Waals surface area contributed by atoms with Gasteiger partial charge in [-0.2, -0.15) is 0 Å². The highest BCUT2D eigenvalue weighted by molar-refractivity contribution is 14.1. The van der Waals surface area contributed by atoms with Crippen molar-refractivity contribution in [1.29, 1.82) is 0 Å². The minimum atomic E-state index is -0.109. The number of aromatic amines is 1. The van der Waals surface area contributed by atoms with E-state index in [4.69, 9.17) is 0 Å². The van der Waals surface area contributed by atoms with Gasteiger partial charge in [-0.3, -0.25) is 4.99 Å². The molecular formula is C9H9IN2. The van der Waals surface area contributed by atoms with E-state index >= 15 is 0 Å². The van der Waals surface area contributed by atoms with Gasteiger partial charge >= 0.3 is 0 Å². The zero-order chi connectivity index (χ0) is 8.60. The summed E-state index contributed by atoms with van der Waals surface area (Å²) in [5.41, 5.74) is 0. The molecule has 1 aliphatic heterocycles. The smallest absolute Gasteiger partial charge is 0.128 e. The maximum atomic E-state index is 4.57. The summed E-state index contributed by atoms with van der Waals surface area (Å²) in [7, 11) is 0. The highest BCUT2D eigenvalue weighted by Crippen LogP contribution is 2.20. The molecular weight excluding hydrogens is 263 g/mol. The fraction of sp³-hybridized carbons (Fsp3) is 0.222. The highest BCUT2D eigenvalue weighted by Gasteiger charge is 2.13. The van der Waals surface area contributed by atoms with Crippen LogP contribution in [-0.4, -0.2) is 8.53 Å². The molecule has 0 spiro atoms. The predicted octanol–water partition coefficient (Wildman–Crippen LogP) is 1.14. The molecule has 0 fully saturated rings. The fourth-order valence-electron chi connectivity index (χ4n) is 1.20. The van der Waals surface area contributed by atoms with E-state index in [0.717, 1.165) is 10.7 Å². The van der Waals surface area contributed by atoms with E-state index in [-0.39, 0.29) is 3.55 Å². The molecule has 0 radical (unpaired) electrons. The molecule has 0 aromatic carbocycles. The number of nitrogens with zero attached hydrogens (tertiary/aromatic N) is 1. The average Bonchev–Trinajstić information content (AvgIpc) is 2.31. The number of hydrogen-bond acceptors (Lipinski definition) is 1. The van der Waals surface area contributed by atoms with Crippen molar-refractivity contribution in [2.45, 2.75) is 10.5 Å². The number of alkyl halides is 1. The summed E-state index contributed by atoms with van der Waals surface area (Å²) in [6, 6.07) is 2.00. The van der Waals surface area contributed by atoms with Crippen molar-refractivity contribution in [3.05, 3.63) is 35.1 Å². The molecule has 0 amide bonds. The van der Waals surface area contributed by atoms with Crippen LogP contribution in [0.15, 0.2) is 29.4 Å². The second kappa shape index (κ2) is 2.73. The average molecular weight is 272 g/mol. The summed E-state index contributed by atoms with van der Waals surface area (Å²) in [5, 5.41) is 2.13. The number of hydrogen-bond donors (Lipinski definition) is 1. The molecule has 0 bridgehead atoms. The standard InChI is InChI=1S/C9H9IN2/c1-9(10)5-2-3-7-8(12-9)4-6-11-7/h2-6,11H,1H3/t9-/m1/s1. The minimum Gasteiger partial charge on any atom is -0.360 e. The van der Waals surface area contributed by atoms with Gasteiger partial charge in [0.05, 0.1) is 10.7 Å². The van der Waals surface area contributed by atoms with Crippen LogP contribution in [0.2, 0.25) is 0 Å². The Labute approximate surface area is 84.2 Å². The number of rotatable bonds is 0. The molecule has 1 aromatic heterocycles. The van der Waals surface area contributed by atoms with Crippen LogP contribution in [0, 0.1) is 0 Å². The fourth-order valence-corrected chi connectivity index (χ4v) is 1.67. The lowest BCUT2D eigenvalue weighted by atomic mass is 10.3. The second-order valence-electron chi connectivity index (χ2n) is 2.94. The van der Waals surface area contributed by atoms with Gasteiger partial charge in [0, 0.05) is 6.20 Å². The van der Waals surface area contributed by atoms with Crippen molar-refractivity contribution in [3.8, 4) is 0 Å². The van der Waals surface area contributed by atoms with Crippen molar-refractivity contribution in [2.24, 2.45) is 4.99 Å². The van der Waals surface area contributed by atoms with Gasteiger partial charge in [0.1, 0.15) is 3.55 Å². The monoisotopic (exact) mass is 272 g/mol. The normalized spacial score (nSPS) is 26.8. The number of halogens is 1. The van der Waals surface area contributed by atoms with Crippen LogP contribution >= 0.6 is 22.6 Å².